The third-order valence-electron chi connectivity index (χ3n) is 4.45. The van der Waals surface area contributed by atoms with Gasteiger partial charge in [-0.15, -0.1) is 23.1 Å². The number of aryl methyl sites for hydroxylation is 3. The van der Waals surface area contributed by atoms with Crippen molar-refractivity contribution in [2.45, 2.75) is 38.2 Å². The van der Waals surface area contributed by atoms with Gasteiger partial charge in [-0.2, -0.15) is 0 Å². The van der Waals surface area contributed by atoms with Crippen LogP contribution in [0, 0.1) is 30.9 Å². The molecule has 0 spiro atoms. The summed E-state index contributed by atoms with van der Waals surface area (Å²) < 4.78 is 10.9. The highest BCUT2D eigenvalue weighted by Gasteiger charge is 2.22. The van der Waals surface area contributed by atoms with E-state index < -0.39 is 0 Å². The van der Waals surface area contributed by atoms with Crippen LogP contribution in [-0.4, -0.2) is 21.7 Å². The fourth-order valence-corrected chi connectivity index (χ4v) is 5.30. The molecule has 4 rings (SSSR count). The van der Waals surface area contributed by atoms with Crippen LogP contribution < -0.4 is 4.74 Å². The van der Waals surface area contributed by atoms with Gasteiger partial charge >= 0.3 is 0 Å². The SMILES string of the molecule is Cc1nc(SCc2cc([N+](=O)[O-])cc3c2OCOC3)c2c(C)c(C)sc2n1. The van der Waals surface area contributed by atoms with Gasteiger partial charge in [-0.1, -0.05) is 0 Å². The van der Waals surface area contributed by atoms with Crippen LogP contribution in [0.15, 0.2) is 17.2 Å². The summed E-state index contributed by atoms with van der Waals surface area (Å²) in [5, 5.41) is 13.2. The second-order valence-electron chi connectivity index (χ2n) is 6.29. The summed E-state index contributed by atoms with van der Waals surface area (Å²) in [7, 11) is 0. The number of non-ortho nitro benzene ring substituents is 1. The maximum Gasteiger partial charge on any atom is 0.270 e. The van der Waals surface area contributed by atoms with Gasteiger partial charge in [0.25, 0.3) is 5.69 Å². The molecule has 0 unspecified atom stereocenters. The van der Waals surface area contributed by atoms with Gasteiger partial charge in [0.2, 0.25) is 0 Å². The lowest BCUT2D eigenvalue weighted by atomic mass is 10.1. The molecular formula is C18H17N3O4S2. The first-order chi connectivity index (χ1) is 12.9. The van der Waals surface area contributed by atoms with Crippen LogP contribution in [0.4, 0.5) is 5.69 Å². The zero-order valence-electron chi connectivity index (χ0n) is 15.1. The molecule has 0 amide bonds. The van der Waals surface area contributed by atoms with Crippen molar-refractivity contribution in [2.75, 3.05) is 6.79 Å². The molecule has 3 heterocycles. The molecule has 140 valence electrons. The van der Waals surface area contributed by atoms with Gasteiger partial charge in [-0.3, -0.25) is 10.1 Å². The zero-order chi connectivity index (χ0) is 19.1. The Kier molecular flexibility index (Phi) is 4.75. The normalized spacial score (nSPS) is 13.4. The van der Waals surface area contributed by atoms with Gasteiger partial charge in [0.1, 0.15) is 21.4 Å². The molecule has 9 heteroatoms. The summed E-state index contributed by atoms with van der Waals surface area (Å²) >= 11 is 3.21. The number of hydrogen-bond donors (Lipinski definition) is 0. The highest BCUT2D eigenvalue weighted by molar-refractivity contribution is 7.98. The zero-order valence-corrected chi connectivity index (χ0v) is 16.7. The summed E-state index contributed by atoms with van der Waals surface area (Å²) in [6, 6.07) is 3.09. The van der Waals surface area contributed by atoms with Gasteiger partial charge < -0.3 is 9.47 Å². The number of ether oxygens (including phenoxy) is 2. The quantitative estimate of drug-likeness (QED) is 0.270. The predicted molar refractivity (Wildman–Crippen MR) is 105 cm³/mol. The molecule has 0 aliphatic carbocycles. The van der Waals surface area contributed by atoms with Crippen LogP contribution in [0.1, 0.15) is 27.4 Å². The highest BCUT2D eigenvalue weighted by atomic mass is 32.2. The van der Waals surface area contributed by atoms with Crippen LogP contribution in [0.5, 0.6) is 5.75 Å². The molecule has 7 nitrogen and oxygen atoms in total. The number of nitrogens with zero attached hydrogens (tertiary/aromatic N) is 3. The summed E-state index contributed by atoms with van der Waals surface area (Å²) in [4.78, 5) is 22.3. The molecule has 1 aromatic carbocycles. The number of hydrogen-bond acceptors (Lipinski definition) is 8. The number of rotatable bonds is 4. The number of nitro groups is 1. The first-order valence-corrected chi connectivity index (χ1v) is 10.1. The Morgan fingerprint density at radius 2 is 2.11 bits per heavy atom. The Bertz CT molecular complexity index is 1060. The maximum absolute atomic E-state index is 11.3. The van der Waals surface area contributed by atoms with E-state index >= 15 is 0 Å². The monoisotopic (exact) mass is 403 g/mol. The lowest BCUT2D eigenvalue weighted by Crippen LogP contribution is -2.13. The average molecular weight is 403 g/mol. The number of thiophene rings is 1. The van der Waals surface area contributed by atoms with Crippen molar-refractivity contribution in [3.05, 3.63) is 49.6 Å². The third-order valence-corrected chi connectivity index (χ3v) is 6.58. The number of fused-ring (bicyclic) bond motifs is 2. The minimum Gasteiger partial charge on any atom is -0.467 e. The Balaban J connectivity index is 1.73. The molecule has 3 aromatic rings. The molecule has 0 fully saturated rings. The van der Waals surface area contributed by atoms with Crippen molar-refractivity contribution in [1.82, 2.24) is 9.97 Å². The van der Waals surface area contributed by atoms with Crippen molar-refractivity contribution >= 4 is 39.0 Å². The van der Waals surface area contributed by atoms with Crippen molar-refractivity contribution in [3.63, 3.8) is 0 Å². The highest BCUT2D eigenvalue weighted by Crippen LogP contribution is 2.39. The maximum atomic E-state index is 11.3. The topological polar surface area (TPSA) is 87.4 Å². The molecule has 1 aliphatic rings. The van der Waals surface area contributed by atoms with Crippen molar-refractivity contribution in [3.8, 4) is 5.75 Å². The molecule has 0 saturated carbocycles. The third kappa shape index (κ3) is 3.38. The standard InChI is InChI=1S/C18H17N3O4S2/c1-9-10(2)27-18-15(9)17(19-11(3)20-18)26-7-13-5-14(21(22)23)4-12-6-24-8-25-16(12)13/h4-5H,6-8H2,1-3H3. The molecule has 0 saturated heterocycles. The van der Waals surface area contributed by atoms with Crippen LogP contribution in [0.2, 0.25) is 0 Å². The molecule has 0 radical (unpaired) electrons. The second kappa shape index (κ2) is 7.06. The first-order valence-electron chi connectivity index (χ1n) is 8.32. The Morgan fingerprint density at radius 3 is 2.89 bits per heavy atom. The summed E-state index contributed by atoms with van der Waals surface area (Å²) in [5.74, 6) is 1.92. The number of benzene rings is 1. The van der Waals surface area contributed by atoms with Crippen LogP contribution >= 0.6 is 23.1 Å². The number of thioether (sulfide) groups is 1. The molecule has 0 N–H and O–H groups in total. The van der Waals surface area contributed by atoms with Gasteiger partial charge in [-0.05, 0) is 26.3 Å². The van der Waals surface area contributed by atoms with E-state index in [0.717, 1.165) is 26.6 Å². The van der Waals surface area contributed by atoms with Crippen molar-refractivity contribution in [1.29, 1.82) is 0 Å². The van der Waals surface area contributed by atoms with E-state index in [4.69, 9.17) is 9.47 Å². The molecule has 2 aromatic heterocycles. The fourth-order valence-electron chi connectivity index (χ4n) is 3.06. The van der Waals surface area contributed by atoms with E-state index in [2.05, 4.69) is 23.8 Å². The number of aromatic nitrogens is 2. The molecule has 0 atom stereocenters. The van der Waals surface area contributed by atoms with E-state index in [1.165, 1.54) is 16.5 Å². The Morgan fingerprint density at radius 1 is 1.30 bits per heavy atom. The van der Waals surface area contributed by atoms with E-state index in [1.807, 2.05) is 6.92 Å². The molecule has 1 aliphatic heterocycles. The lowest BCUT2D eigenvalue weighted by Gasteiger charge is -2.20. The largest absolute Gasteiger partial charge is 0.467 e. The summed E-state index contributed by atoms with van der Waals surface area (Å²) in [5.41, 5.74) is 2.72. The smallest absolute Gasteiger partial charge is 0.270 e. The molecule has 27 heavy (non-hydrogen) atoms. The van der Waals surface area contributed by atoms with E-state index in [-0.39, 0.29) is 17.4 Å². The molecular weight excluding hydrogens is 386 g/mol. The minimum absolute atomic E-state index is 0.0463. The van der Waals surface area contributed by atoms with E-state index in [1.54, 1.807) is 29.2 Å². The van der Waals surface area contributed by atoms with Gasteiger partial charge in [-0.25, -0.2) is 9.97 Å². The van der Waals surface area contributed by atoms with Crippen LogP contribution in [0.25, 0.3) is 10.2 Å². The van der Waals surface area contributed by atoms with E-state index in [9.17, 15) is 10.1 Å². The minimum atomic E-state index is -0.386. The summed E-state index contributed by atoms with van der Waals surface area (Å²) in [6.45, 7) is 6.50. The van der Waals surface area contributed by atoms with Gasteiger partial charge in [0.05, 0.1) is 11.5 Å². The van der Waals surface area contributed by atoms with E-state index in [0.29, 0.717) is 23.7 Å². The number of nitro benzene ring substituents is 1. The fraction of sp³-hybridized carbons (Fsp3) is 0.333. The van der Waals surface area contributed by atoms with Crippen molar-refractivity contribution in [2.24, 2.45) is 0 Å². The van der Waals surface area contributed by atoms with Crippen LogP contribution in [-0.2, 0) is 17.1 Å². The van der Waals surface area contributed by atoms with Crippen LogP contribution in [0.3, 0.4) is 0 Å². The van der Waals surface area contributed by atoms with Gasteiger partial charge in [0, 0.05) is 39.3 Å². The molecule has 0 bridgehead atoms. The summed E-state index contributed by atoms with van der Waals surface area (Å²) in [6.07, 6.45) is 0. The second-order valence-corrected chi connectivity index (χ2v) is 8.46. The predicted octanol–water partition coefficient (Wildman–Crippen LogP) is 4.68. The van der Waals surface area contributed by atoms with Gasteiger partial charge in [0.15, 0.2) is 6.79 Å². The lowest BCUT2D eigenvalue weighted by molar-refractivity contribution is -0.385. The average Bonchev–Trinajstić information content (AvgIpc) is 2.92. The Hall–Kier alpha value is -2.23. The van der Waals surface area contributed by atoms with Crippen molar-refractivity contribution < 1.29 is 14.4 Å². The first kappa shape index (κ1) is 18.1. The Labute approximate surface area is 163 Å².